The molecule has 1 aromatic carbocycles. The van der Waals surface area contributed by atoms with Gasteiger partial charge in [-0.1, -0.05) is 18.5 Å². The molecule has 96 valence electrons. The van der Waals surface area contributed by atoms with Gasteiger partial charge in [-0.15, -0.1) is 11.3 Å². The third kappa shape index (κ3) is 2.51. The standard InChI is InChI=1S/C13H15ClN2OS/c1-3-10-12(7-15)18-13(16-10)9-5-4-8(14)6-11(9)17-2/h4-6H,3,7,15H2,1-2H3. The van der Waals surface area contributed by atoms with E-state index in [4.69, 9.17) is 22.1 Å². The van der Waals surface area contributed by atoms with Crippen LogP contribution >= 0.6 is 22.9 Å². The lowest BCUT2D eigenvalue weighted by molar-refractivity contribution is 0.416. The lowest BCUT2D eigenvalue weighted by Crippen LogP contribution is -1.96. The van der Waals surface area contributed by atoms with Crippen molar-refractivity contribution in [3.05, 3.63) is 33.8 Å². The Balaban J connectivity index is 2.51. The van der Waals surface area contributed by atoms with Crippen LogP contribution < -0.4 is 10.5 Å². The molecular weight excluding hydrogens is 268 g/mol. The second-order valence-electron chi connectivity index (χ2n) is 3.79. The summed E-state index contributed by atoms with van der Waals surface area (Å²) in [6.45, 7) is 2.60. The first-order valence-electron chi connectivity index (χ1n) is 5.72. The molecule has 2 aromatic rings. The summed E-state index contributed by atoms with van der Waals surface area (Å²) in [5.74, 6) is 0.738. The Morgan fingerprint density at radius 1 is 1.44 bits per heavy atom. The maximum atomic E-state index is 5.96. The normalized spacial score (nSPS) is 10.7. The van der Waals surface area contributed by atoms with Crippen LogP contribution in [0.15, 0.2) is 18.2 Å². The number of methoxy groups -OCH3 is 1. The lowest BCUT2D eigenvalue weighted by Gasteiger charge is -2.05. The van der Waals surface area contributed by atoms with Gasteiger partial charge in [-0.05, 0) is 24.6 Å². The Morgan fingerprint density at radius 2 is 2.22 bits per heavy atom. The summed E-state index contributed by atoms with van der Waals surface area (Å²) < 4.78 is 5.35. The molecule has 5 heteroatoms. The largest absolute Gasteiger partial charge is 0.496 e. The molecule has 0 amide bonds. The van der Waals surface area contributed by atoms with Crippen molar-refractivity contribution in [2.45, 2.75) is 19.9 Å². The summed E-state index contributed by atoms with van der Waals surface area (Å²) in [6, 6.07) is 5.57. The Bertz CT molecular complexity index is 532. The highest BCUT2D eigenvalue weighted by atomic mass is 35.5. The highest BCUT2D eigenvalue weighted by molar-refractivity contribution is 7.15. The van der Waals surface area contributed by atoms with Crippen molar-refractivity contribution in [3.63, 3.8) is 0 Å². The summed E-state index contributed by atoms with van der Waals surface area (Å²) in [7, 11) is 1.63. The van der Waals surface area contributed by atoms with E-state index >= 15 is 0 Å². The van der Waals surface area contributed by atoms with Crippen molar-refractivity contribution >= 4 is 22.9 Å². The molecule has 0 unspecified atom stereocenters. The molecule has 0 aliphatic rings. The van der Waals surface area contributed by atoms with Gasteiger partial charge in [0.05, 0.1) is 18.4 Å². The monoisotopic (exact) mass is 282 g/mol. The molecule has 0 aliphatic carbocycles. The molecule has 0 spiro atoms. The van der Waals surface area contributed by atoms with E-state index < -0.39 is 0 Å². The molecule has 0 fully saturated rings. The van der Waals surface area contributed by atoms with Crippen LogP contribution in [0.4, 0.5) is 0 Å². The summed E-state index contributed by atoms with van der Waals surface area (Å²) in [6.07, 6.45) is 0.888. The fourth-order valence-corrected chi connectivity index (χ4v) is 3.00. The number of nitrogens with zero attached hydrogens (tertiary/aromatic N) is 1. The number of aromatic nitrogens is 1. The molecule has 0 radical (unpaired) electrons. The van der Waals surface area contributed by atoms with E-state index in [2.05, 4.69) is 11.9 Å². The van der Waals surface area contributed by atoms with Crippen molar-refractivity contribution in [1.82, 2.24) is 4.98 Å². The zero-order valence-electron chi connectivity index (χ0n) is 10.4. The van der Waals surface area contributed by atoms with Gasteiger partial charge in [-0.2, -0.15) is 0 Å². The number of hydrogen-bond acceptors (Lipinski definition) is 4. The van der Waals surface area contributed by atoms with Gasteiger partial charge in [0.2, 0.25) is 0 Å². The van der Waals surface area contributed by atoms with E-state index in [-0.39, 0.29) is 0 Å². The molecule has 1 heterocycles. The predicted molar refractivity (Wildman–Crippen MR) is 76.4 cm³/mol. The summed E-state index contributed by atoms with van der Waals surface area (Å²) in [4.78, 5) is 5.75. The minimum Gasteiger partial charge on any atom is -0.496 e. The maximum Gasteiger partial charge on any atom is 0.130 e. The first kappa shape index (κ1) is 13.3. The molecule has 2 N–H and O–H groups in total. The second kappa shape index (κ2) is 5.69. The number of ether oxygens (including phenoxy) is 1. The Kier molecular flexibility index (Phi) is 4.22. The van der Waals surface area contributed by atoms with E-state index in [1.807, 2.05) is 12.1 Å². The summed E-state index contributed by atoms with van der Waals surface area (Å²) >= 11 is 7.57. The molecule has 0 bridgehead atoms. The highest BCUT2D eigenvalue weighted by Crippen LogP contribution is 2.36. The zero-order chi connectivity index (χ0) is 13.1. The molecule has 0 atom stereocenters. The minimum atomic E-state index is 0.525. The smallest absolute Gasteiger partial charge is 0.130 e. The fourth-order valence-electron chi connectivity index (χ4n) is 1.78. The quantitative estimate of drug-likeness (QED) is 0.934. The van der Waals surface area contributed by atoms with E-state index in [0.717, 1.165) is 33.3 Å². The third-order valence-corrected chi connectivity index (χ3v) is 4.08. The van der Waals surface area contributed by atoms with Crippen molar-refractivity contribution in [1.29, 1.82) is 0 Å². The molecule has 0 saturated carbocycles. The molecule has 18 heavy (non-hydrogen) atoms. The Labute approximate surface area is 116 Å². The first-order valence-corrected chi connectivity index (χ1v) is 6.91. The average Bonchev–Trinajstić information content (AvgIpc) is 2.81. The lowest BCUT2D eigenvalue weighted by atomic mass is 10.2. The Morgan fingerprint density at radius 3 is 2.78 bits per heavy atom. The Hall–Kier alpha value is -1.10. The highest BCUT2D eigenvalue weighted by Gasteiger charge is 2.14. The van der Waals surface area contributed by atoms with Crippen LogP contribution in [0, 0.1) is 0 Å². The van der Waals surface area contributed by atoms with E-state index in [1.54, 1.807) is 24.5 Å². The number of benzene rings is 1. The van der Waals surface area contributed by atoms with Crippen molar-refractivity contribution in [3.8, 4) is 16.3 Å². The van der Waals surface area contributed by atoms with Crippen LogP contribution in [-0.4, -0.2) is 12.1 Å². The molecule has 3 nitrogen and oxygen atoms in total. The molecule has 0 saturated heterocycles. The maximum absolute atomic E-state index is 5.96. The topological polar surface area (TPSA) is 48.1 Å². The van der Waals surface area contributed by atoms with Crippen LogP contribution in [0.1, 0.15) is 17.5 Å². The van der Waals surface area contributed by atoms with Crippen LogP contribution in [0.2, 0.25) is 5.02 Å². The van der Waals surface area contributed by atoms with Gasteiger partial charge in [-0.25, -0.2) is 4.98 Å². The van der Waals surface area contributed by atoms with Crippen LogP contribution in [0.25, 0.3) is 10.6 Å². The van der Waals surface area contributed by atoms with Gasteiger partial charge in [-0.3, -0.25) is 0 Å². The molecule has 0 aliphatic heterocycles. The van der Waals surface area contributed by atoms with Gasteiger partial charge in [0, 0.05) is 16.4 Å². The van der Waals surface area contributed by atoms with Crippen LogP contribution in [0.5, 0.6) is 5.75 Å². The number of rotatable bonds is 4. The summed E-state index contributed by atoms with van der Waals surface area (Å²) in [5.41, 5.74) is 7.75. The number of hydrogen-bond donors (Lipinski definition) is 1. The van der Waals surface area contributed by atoms with Crippen molar-refractivity contribution in [2.24, 2.45) is 5.73 Å². The van der Waals surface area contributed by atoms with E-state index in [9.17, 15) is 0 Å². The van der Waals surface area contributed by atoms with Gasteiger partial charge in [0.15, 0.2) is 0 Å². The number of nitrogens with two attached hydrogens (primary N) is 1. The summed E-state index contributed by atoms with van der Waals surface area (Å²) in [5, 5.41) is 1.59. The number of halogens is 1. The van der Waals surface area contributed by atoms with Crippen molar-refractivity contribution < 1.29 is 4.74 Å². The van der Waals surface area contributed by atoms with Gasteiger partial charge < -0.3 is 10.5 Å². The van der Waals surface area contributed by atoms with E-state index in [0.29, 0.717) is 11.6 Å². The average molecular weight is 283 g/mol. The van der Waals surface area contributed by atoms with Gasteiger partial charge in [0.1, 0.15) is 10.8 Å². The van der Waals surface area contributed by atoms with Crippen LogP contribution in [0.3, 0.4) is 0 Å². The van der Waals surface area contributed by atoms with E-state index in [1.165, 1.54) is 0 Å². The van der Waals surface area contributed by atoms with Gasteiger partial charge in [0.25, 0.3) is 0 Å². The zero-order valence-corrected chi connectivity index (χ0v) is 11.9. The van der Waals surface area contributed by atoms with Crippen molar-refractivity contribution in [2.75, 3.05) is 7.11 Å². The first-order chi connectivity index (χ1) is 8.69. The molecule has 2 rings (SSSR count). The SMILES string of the molecule is CCc1nc(-c2ccc(Cl)cc2OC)sc1CN. The second-order valence-corrected chi connectivity index (χ2v) is 5.31. The molecular formula is C13H15ClN2OS. The number of thiazole rings is 1. The number of aryl methyl sites for hydroxylation is 1. The van der Waals surface area contributed by atoms with Crippen LogP contribution in [-0.2, 0) is 13.0 Å². The third-order valence-electron chi connectivity index (χ3n) is 2.69. The van der Waals surface area contributed by atoms with Gasteiger partial charge >= 0.3 is 0 Å². The fraction of sp³-hybridized carbons (Fsp3) is 0.308. The minimum absolute atomic E-state index is 0.525. The molecule has 1 aromatic heterocycles. The predicted octanol–water partition coefficient (Wildman–Crippen LogP) is 3.49.